The molecule has 1 rings (SSSR count). The number of hydrogen-bond acceptors (Lipinski definition) is 2. The largest absolute Gasteiger partial charge is 0.351 e. The number of rotatable bonds is 3. The molecular weight excluding hydrogens is 228 g/mol. The van der Waals surface area contributed by atoms with E-state index in [-0.39, 0.29) is 28.8 Å². The van der Waals surface area contributed by atoms with Crippen molar-refractivity contribution in [2.75, 3.05) is 6.54 Å². The molecule has 0 unspecified atom stereocenters. The van der Waals surface area contributed by atoms with E-state index in [1.807, 2.05) is 41.5 Å². The lowest BCUT2D eigenvalue weighted by atomic mass is 9.99. The van der Waals surface area contributed by atoms with Crippen LogP contribution in [0.25, 0.3) is 0 Å². The third-order valence-electron chi connectivity index (χ3n) is 3.65. The summed E-state index contributed by atoms with van der Waals surface area (Å²) >= 11 is 0. The maximum atomic E-state index is 12.1. The molecule has 0 aliphatic carbocycles. The van der Waals surface area contributed by atoms with Crippen LogP contribution in [0.4, 0.5) is 0 Å². The van der Waals surface area contributed by atoms with Crippen molar-refractivity contribution in [1.29, 1.82) is 0 Å². The fraction of sp³-hybridized carbons (Fsp3) is 0.857. The lowest BCUT2D eigenvalue weighted by molar-refractivity contribution is -0.132. The number of hydrogen-bond donors (Lipinski definition) is 1. The average molecular weight is 254 g/mol. The molecule has 1 N–H and O–H groups in total. The average Bonchev–Trinajstić information content (AvgIpc) is 2.59. The van der Waals surface area contributed by atoms with Gasteiger partial charge in [-0.2, -0.15) is 0 Å². The first-order valence-corrected chi connectivity index (χ1v) is 6.69. The van der Waals surface area contributed by atoms with Crippen LogP contribution >= 0.6 is 0 Å². The predicted octanol–water partition coefficient (Wildman–Crippen LogP) is 1.94. The van der Waals surface area contributed by atoms with Crippen LogP contribution in [0, 0.1) is 5.92 Å². The Hall–Kier alpha value is -1.06. The second-order valence-electron chi connectivity index (χ2n) is 6.80. The number of carbonyl (C=O) groups excluding carboxylic acids is 2. The highest BCUT2D eigenvalue weighted by Gasteiger charge is 2.40. The quantitative estimate of drug-likeness (QED) is 0.836. The molecule has 1 aliphatic heterocycles. The van der Waals surface area contributed by atoms with E-state index in [4.69, 9.17) is 0 Å². The summed E-state index contributed by atoms with van der Waals surface area (Å²) in [6.07, 6.45) is 1.21. The van der Waals surface area contributed by atoms with Crippen LogP contribution in [0.2, 0.25) is 0 Å². The van der Waals surface area contributed by atoms with Gasteiger partial charge < -0.3 is 10.2 Å². The van der Waals surface area contributed by atoms with Crippen LogP contribution in [0.3, 0.4) is 0 Å². The first-order valence-electron chi connectivity index (χ1n) is 6.69. The third kappa shape index (κ3) is 3.47. The van der Waals surface area contributed by atoms with Crippen molar-refractivity contribution in [3.63, 3.8) is 0 Å². The van der Waals surface area contributed by atoms with E-state index >= 15 is 0 Å². The highest BCUT2D eigenvalue weighted by molar-refractivity contribution is 5.89. The van der Waals surface area contributed by atoms with Crippen molar-refractivity contribution in [2.24, 2.45) is 5.92 Å². The van der Waals surface area contributed by atoms with Crippen LogP contribution in [0.5, 0.6) is 0 Å². The van der Waals surface area contributed by atoms with Gasteiger partial charge in [0.25, 0.3) is 0 Å². The van der Waals surface area contributed by atoms with Gasteiger partial charge in [-0.25, -0.2) is 0 Å². The lowest BCUT2D eigenvalue weighted by Crippen LogP contribution is -2.47. The molecule has 0 saturated carbocycles. The van der Waals surface area contributed by atoms with Crippen LogP contribution in [-0.4, -0.2) is 34.3 Å². The van der Waals surface area contributed by atoms with E-state index < -0.39 is 0 Å². The van der Waals surface area contributed by atoms with E-state index in [2.05, 4.69) is 5.32 Å². The maximum Gasteiger partial charge on any atom is 0.225 e. The third-order valence-corrected chi connectivity index (χ3v) is 3.65. The van der Waals surface area contributed by atoms with Gasteiger partial charge in [-0.05, 0) is 41.0 Å². The molecule has 1 saturated heterocycles. The van der Waals surface area contributed by atoms with Crippen LogP contribution in [0.15, 0.2) is 0 Å². The molecule has 2 amide bonds. The smallest absolute Gasteiger partial charge is 0.225 e. The Labute approximate surface area is 110 Å². The first-order chi connectivity index (χ1) is 8.07. The van der Waals surface area contributed by atoms with Crippen LogP contribution in [-0.2, 0) is 9.59 Å². The molecule has 4 nitrogen and oxygen atoms in total. The van der Waals surface area contributed by atoms with E-state index in [9.17, 15) is 9.59 Å². The topological polar surface area (TPSA) is 49.4 Å². The summed E-state index contributed by atoms with van der Waals surface area (Å²) in [4.78, 5) is 25.9. The molecule has 1 aliphatic rings. The number of nitrogens with zero attached hydrogens (tertiary/aromatic N) is 1. The normalized spacial score (nSPS) is 21.3. The van der Waals surface area contributed by atoms with Gasteiger partial charge in [0.15, 0.2) is 0 Å². The van der Waals surface area contributed by atoms with Crippen molar-refractivity contribution in [3.05, 3.63) is 0 Å². The molecule has 1 atom stereocenters. The van der Waals surface area contributed by atoms with Crippen molar-refractivity contribution in [2.45, 2.75) is 65.5 Å². The second kappa shape index (κ2) is 4.90. The molecule has 104 valence electrons. The van der Waals surface area contributed by atoms with Gasteiger partial charge in [-0.15, -0.1) is 0 Å². The Morgan fingerprint density at radius 2 is 1.89 bits per heavy atom. The molecule has 0 spiro atoms. The molecule has 4 heteroatoms. The molecule has 18 heavy (non-hydrogen) atoms. The van der Waals surface area contributed by atoms with Gasteiger partial charge in [0.2, 0.25) is 11.8 Å². The van der Waals surface area contributed by atoms with Gasteiger partial charge in [-0.1, -0.05) is 6.92 Å². The molecule has 1 heterocycles. The zero-order chi connectivity index (χ0) is 14.1. The summed E-state index contributed by atoms with van der Waals surface area (Å²) in [7, 11) is 0. The number of nitrogens with one attached hydrogen (secondary N) is 1. The van der Waals surface area contributed by atoms with Gasteiger partial charge in [-0.3, -0.25) is 9.59 Å². The monoisotopic (exact) mass is 254 g/mol. The fourth-order valence-corrected chi connectivity index (χ4v) is 2.06. The Kier molecular flexibility index (Phi) is 4.08. The highest BCUT2D eigenvalue weighted by atomic mass is 16.2. The summed E-state index contributed by atoms with van der Waals surface area (Å²) < 4.78 is 0. The molecule has 1 fully saturated rings. The Morgan fingerprint density at radius 1 is 1.33 bits per heavy atom. The van der Waals surface area contributed by atoms with Crippen molar-refractivity contribution >= 4 is 11.8 Å². The van der Waals surface area contributed by atoms with Crippen LogP contribution < -0.4 is 5.32 Å². The second-order valence-corrected chi connectivity index (χ2v) is 6.80. The predicted molar refractivity (Wildman–Crippen MR) is 72.1 cm³/mol. The van der Waals surface area contributed by atoms with Crippen molar-refractivity contribution in [3.8, 4) is 0 Å². The van der Waals surface area contributed by atoms with Gasteiger partial charge in [0, 0.05) is 24.0 Å². The number of amides is 2. The summed E-state index contributed by atoms with van der Waals surface area (Å²) in [6.45, 7) is 12.6. The molecular formula is C14H26N2O2. The number of likely N-dealkylation sites (tertiary alicyclic amines) is 1. The minimum atomic E-state index is -0.206. The fourth-order valence-electron chi connectivity index (χ4n) is 2.06. The van der Waals surface area contributed by atoms with Gasteiger partial charge in [0.1, 0.15) is 0 Å². The minimum absolute atomic E-state index is 0.00181. The highest BCUT2D eigenvalue weighted by Crippen LogP contribution is 2.26. The zero-order valence-electron chi connectivity index (χ0n) is 12.5. The molecule has 0 aromatic rings. The van der Waals surface area contributed by atoms with E-state index in [1.54, 1.807) is 4.90 Å². The van der Waals surface area contributed by atoms with Crippen molar-refractivity contribution in [1.82, 2.24) is 10.2 Å². The van der Waals surface area contributed by atoms with E-state index in [1.165, 1.54) is 0 Å². The standard InChI is InChI=1S/C14H26N2O2/c1-7-14(5,6)15-12(18)10-8-11(17)16(9-10)13(2,3)4/h10H,7-9H2,1-6H3,(H,15,18)/t10-/m1/s1. The Bertz CT molecular complexity index is 342. The molecule has 0 aromatic heterocycles. The van der Waals surface area contributed by atoms with E-state index in [0.717, 1.165) is 6.42 Å². The van der Waals surface area contributed by atoms with E-state index in [0.29, 0.717) is 13.0 Å². The van der Waals surface area contributed by atoms with Crippen molar-refractivity contribution < 1.29 is 9.59 Å². The zero-order valence-corrected chi connectivity index (χ0v) is 12.5. The van der Waals surface area contributed by atoms with Gasteiger partial charge in [0.05, 0.1) is 5.92 Å². The van der Waals surface area contributed by atoms with Gasteiger partial charge >= 0.3 is 0 Å². The first kappa shape index (κ1) is 15.0. The maximum absolute atomic E-state index is 12.1. The lowest BCUT2D eigenvalue weighted by Gasteiger charge is -2.32. The Morgan fingerprint density at radius 3 is 2.28 bits per heavy atom. The summed E-state index contributed by atoms with van der Waals surface area (Å²) in [5, 5.41) is 3.02. The minimum Gasteiger partial charge on any atom is -0.351 e. The summed E-state index contributed by atoms with van der Waals surface area (Å²) in [6, 6.07) is 0. The summed E-state index contributed by atoms with van der Waals surface area (Å²) in [5.41, 5.74) is -0.401. The summed E-state index contributed by atoms with van der Waals surface area (Å²) in [5.74, 6) is -0.124. The molecule has 0 radical (unpaired) electrons. The van der Waals surface area contributed by atoms with Crippen LogP contribution in [0.1, 0.15) is 54.4 Å². The molecule has 0 bridgehead atoms. The number of carbonyl (C=O) groups is 2. The SMILES string of the molecule is CCC(C)(C)NC(=O)[C@@H]1CC(=O)N(C(C)(C)C)C1. The Balaban J connectivity index is 2.67. The molecule has 0 aromatic carbocycles.